The fraction of sp³-hybridized carbons (Fsp3) is 0. The lowest BCUT2D eigenvalue weighted by atomic mass is 10.1. The largest absolute Gasteiger partial charge is 0.478 e. The van der Waals surface area contributed by atoms with E-state index in [9.17, 15) is 4.79 Å². The van der Waals surface area contributed by atoms with Crippen LogP contribution in [0.2, 0.25) is 5.02 Å². The summed E-state index contributed by atoms with van der Waals surface area (Å²) in [5.41, 5.74) is 2.51. The summed E-state index contributed by atoms with van der Waals surface area (Å²) in [4.78, 5) is 19.4. The molecule has 23 heavy (non-hydrogen) atoms. The highest BCUT2D eigenvalue weighted by molar-refractivity contribution is 6.30. The first-order valence-corrected chi connectivity index (χ1v) is 7.18. The van der Waals surface area contributed by atoms with E-state index >= 15 is 0 Å². The van der Waals surface area contributed by atoms with Crippen LogP contribution >= 0.6 is 11.6 Å². The molecule has 0 radical (unpaired) electrons. The van der Waals surface area contributed by atoms with Gasteiger partial charge in [0, 0.05) is 22.3 Å². The Bertz CT molecular complexity index is 850. The van der Waals surface area contributed by atoms with E-state index < -0.39 is 5.97 Å². The van der Waals surface area contributed by atoms with Gasteiger partial charge in [-0.05, 0) is 30.3 Å². The maximum Gasteiger partial charge on any atom is 0.335 e. The SMILES string of the molecule is O=C(O)c1cccc(Nc2cc(-c3ccc(Cl)cc3)ncn2)c1. The topological polar surface area (TPSA) is 75.1 Å². The summed E-state index contributed by atoms with van der Waals surface area (Å²) in [6.07, 6.45) is 1.45. The van der Waals surface area contributed by atoms with Gasteiger partial charge in [0.2, 0.25) is 0 Å². The summed E-state index contributed by atoms with van der Waals surface area (Å²) >= 11 is 5.89. The van der Waals surface area contributed by atoms with Crippen LogP contribution in [-0.2, 0) is 0 Å². The summed E-state index contributed by atoms with van der Waals surface area (Å²) in [5, 5.41) is 12.8. The molecule has 3 rings (SSSR count). The molecule has 0 spiro atoms. The summed E-state index contributed by atoms with van der Waals surface area (Å²) in [6.45, 7) is 0. The lowest BCUT2D eigenvalue weighted by molar-refractivity contribution is 0.0697. The van der Waals surface area contributed by atoms with Crippen LogP contribution in [0, 0.1) is 0 Å². The molecule has 0 fully saturated rings. The molecule has 114 valence electrons. The number of hydrogen-bond acceptors (Lipinski definition) is 4. The fourth-order valence-corrected chi connectivity index (χ4v) is 2.21. The second-order valence-corrected chi connectivity index (χ2v) is 5.24. The molecular weight excluding hydrogens is 314 g/mol. The number of carbonyl (C=O) groups is 1. The predicted molar refractivity (Wildman–Crippen MR) is 89.2 cm³/mol. The molecule has 1 heterocycles. The fourth-order valence-electron chi connectivity index (χ4n) is 2.08. The number of nitrogens with one attached hydrogen (secondary N) is 1. The van der Waals surface area contributed by atoms with Crippen LogP contribution < -0.4 is 5.32 Å². The van der Waals surface area contributed by atoms with E-state index in [0.717, 1.165) is 11.3 Å². The van der Waals surface area contributed by atoms with E-state index in [-0.39, 0.29) is 5.56 Å². The molecule has 0 saturated heterocycles. The average Bonchev–Trinajstić information content (AvgIpc) is 2.56. The van der Waals surface area contributed by atoms with Gasteiger partial charge >= 0.3 is 5.97 Å². The molecular formula is C17H12ClN3O2. The van der Waals surface area contributed by atoms with Crippen LogP contribution in [0.3, 0.4) is 0 Å². The van der Waals surface area contributed by atoms with Crippen LogP contribution in [0.5, 0.6) is 0 Å². The van der Waals surface area contributed by atoms with E-state index in [0.29, 0.717) is 16.5 Å². The maximum atomic E-state index is 11.0. The normalized spacial score (nSPS) is 10.3. The Morgan fingerprint density at radius 3 is 2.57 bits per heavy atom. The molecule has 0 aliphatic heterocycles. The van der Waals surface area contributed by atoms with Gasteiger partial charge in [-0.2, -0.15) is 0 Å². The number of carboxylic acids is 1. The Morgan fingerprint density at radius 2 is 1.83 bits per heavy atom. The minimum atomic E-state index is -0.974. The second kappa shape index (κ2) is 6.46. The summed E-state index contributed by atoms with van der Waals surface area (Å²) in [7, 11) is 0. The smallest absolute Gasteiger partial charge is 0.335 e. The molecule has 5 nitrogen and oxygen atoms in total. The Balaban J connectivity index is 1.87. The zero-order chi connectivity index (χ0) is 16.2. The molecule has 1 aromatic heterocycles. The van der Waals surface area contributed by atoms with E-state index in [4.69, 9.17) is 16.7 Å². The number of carboxylic acid groups (broad SMARTS) is 1. The third kappa shape index (κ3) is 3.64. The summed E-state index contributed by atoms with van der Waals surface area (Å²) in [5.74, 6) is -0.398. The highest BCUT2D eigenvalue weighted by Gasteiger charge is 2.05. The van der Waals surface area contributed by atoms with Crippen LogP contribution in [-0.4, -0.2) is 21.0 Å². The molecule has 0 aliphatic carbocycles. The van der Waals surface area contributed by atoms with Crippen molar-refractivity contribution in [2.24, 2.45) is 0 Å². The van der Waals surface area contributed by atoms with E-state index in [1.807, 2.05) is 12.1 Å². The third-order valence-electron chi connectivity index (χ3n) is 3.19. The third-order valence-corrected chi connectivity index (χ3v) is 3.44. The molecule has 3 aromatic rings. The number of aromatic nitrogens is 2. The van der Waals surface area contributed by atoms with Gasteiger partial charge in [0.15, 0.2) is 0 Å². The number of aromatic carboxylic acids is 1. The molecule has 0 aliphatic rings. The van der Waals surface area contributed by atoms with Gasteiger partial charge in [-0.15, -0.1) is 0 Å². The van der Waals surface area contributed by atoms with Crippen molar-refractivity contribution in [1.29, 1.82) is 0 Å². The van der Waals surface area contributed by atoms with Gasteiger partial charge in [-0.3, -0.25) is 0 Å². The first-order chi connectivity index (χ1) is 11.1. The van der Waals surface area contributed by atoms with Gasteiger partial charge in [0.05, 0.1) is 11.3 Å². The predicted octanol–water partition coefficient (Wildman–Crippen LogP) is 4.24. The number of anilines is 2. The zero-order valence-corrected chi connectivity index (χ0v) is 12.7. The Hall–Kier alpha value is -2.92. The number of halogens is 1. The number of benzene rings is 2. The molecule has 0 saturated carbocycles. The molecule has 0 atom stereocenters. The van der Waals surface area contributed by atoms with Crippen molar-refractivity contribution in [2.75, 3.05) is 5.32 Å². The summed E-state index contributed by atoms with van der Waals surface area (Å²) < 4.78 is 0. The van der Waals surface area contributed by atoms with Crippen molar-refractivity contribution in [3.8, 4) is 11.3 Å². The van der Waals surface area contributed by atoms with Crippen LogP contribution in [0.25, 0.3) is 11.3 Å². The van der Waals surface area contributed by atoms with E-state index in [1.165, 1.54) is 12.4 Å². The quantitative estimate of drug-likeness (QED) is 0.750. The van der Waals surface area contributed by atoms with Crippen LogP contribution in [0.1, 0.15) is 10.4 Å². The van der Waals surface area contributed by atoms with Crippen molar-refractivity contribution in [1.82, 2.24) is 9.97 Å². The Labute approximate surface area is 137 Å². The van der Waals surface area contributed by atoms with Gasteiger partial charge < -0.3 is 10.4 Å². The standard InChI is InChI=1S/C17H12ClN3O2/c18-13-6-4-11(5-7-13)15-9-16(20-10-19-15)21-14-3-1-2-12(8-14)17(22)23/h1-10H,(H,22,23)(H,19,20,21). The first-order valence-electron chi connectivity index (χ1n) is 6.80. The van der Waals surface area contributed by atoms with Crippen LogP contribution in [0.4, 0.5) is 11.5 Å². The molecule has 0 unspecified atom stereocenters. The maximum absolute atomic E-state index is 11.0. The monoisotopic (exact) mass is 325 g/mol. The highest BCUT2D eigenvalue weighted by atomic mass is 35.5. The zero-order valence-electron chi connectivity index (χ0n) is 11.9. The lowest BCUT2D eigenvalue weighted by Crippen LogP contribution is -1.99. The molecule has 6 heteroatoms. The number of rotatable bonds is 4. The molecule has 0 bridgehead atoms. The minimum absolute atomic E-state index is 0.210. The van der Waals surface area contributed by atoms with E-state index in [2.05, 4.69) is 15.3 Å². The minimum Gasteiger partial charge on any atom is -0.478 e. The van der Waals surface area contributed by atoms with Gasteiger partial charge in [0.1, 0.15) is 12.1 Å². The van der Waals surface area contributed by atoms with Crippen molar-refractivity contribution in [3.63, 3.8) is 0 Å². The Kier molecular flexibility index (Phi) is 4.21. The molecule has 2 N–H and O–H groups in total. The van der Waals surface area contributed by atoms with E-state index in [1.54, 1.807) is 36.4 Å². The van der Waals surface area contributed by atoms with Crippen molar-refractivity contribution in [2.45, 2.75) is 0 Å². The average molecular weight is 326 g/mol. The van der Waals surface area contributed by atoms with Crippen molar-refractivity contribution >= 4 is 29.1 Å². The van der Waals surface area contributed by atoms with Crippen molar-refractivity contribution in [3.05, 3.63) is 71.5 Å². The number of hydrogen-bond donors (Lipinski definition) is 2. The van der Waals surface area contributed by atoms with Gasteiger partial charge in [0.25, 0.3) is 0 Å². The second-order valence-electron chi connectivity index (χ2n) is 4.81. The number of nitrogens with zero attached hydrogens (tertiary/aromatic N) is 2. The summed E-state index contributed by atoms with van der Waals surface area (Å²) in [6, 6.07) is 15.7. The lowest BCUT2D eigenvalue weighted by Gasteiger charge is -2.08. The Morgan fingerprint density at radius 1 is 1.04 bits per heavy atom. The molecule has 2 aromatic carbocycles. The van der Waals surface area contributed by atoms with Crippen LogP contribution in [0.15, 0.2) is 60.9 Å². The highest BCUT2D eigenvalue weighted by Crippen LogP contribution is 2.23. The molecule has 0 amide bonds. The van der Waals surface area contributed by atoms with Gasteiger partial charge in [-0.1, -0.05) is 29.8 Å². The van der Waals surface area contributed by atoms with Gasteiger partial charge in [-0.25, -0.2) is 14.8 Å². The van der Waals surface area contributed by atoms with Crippen molar-refractivity contribution < 1.29 is 9.90 Å². The first kappa shape index (κ1) is 15.0.